The van der Waals surface area contributed by atoms with Crippen molar-refractivity contribution in [3.8, 4) is 0 Å². The maximum atomic E-state index is 12.1. The molecule has 24 heavy (non-hydrogen) atoms. The van der Waals surface area contributed by atoms with E-state index in [9.17, 15) is 4.79 Å². The molecule has 1 amide bonds. The molecule has 1 aliphatic carbocycles. The Balaban J connectivity index is 1.55. The zero-order chi connectivity index (χ0) is 16.5. The zero-order valence-corrected chi connectivity index (χ0v) is 13.9. The Bertz CT molecular complexity index is 724. The Labute approximate surface area is 142 Å². The van der Waals surface area contributed by atoms with E-state index >= 15 is 0 Å². The molecule has 2 heterocycles. The average molecular weight is 324 g/mol. The summed E-state index contributed by atoms with van der Waals surface area (Å²) >= 11 is 0. The molecule has 1 aromatic carbocycles. The number of hydrogen-bond donors (Lipinski definition) is 1. The van der Waals surface area contributed by atoms with Crippen LogP contribution in [-0.2, 0) is 17.6 Å². The Kier molecular flexibility index (Phi) is 4.10. The van der Waals surface area contributed by atoms with Gasteiger partial charge in [-0.1, -0.05) is 30.3 Å². The number of primary amides is 1. The maximum absolute atomic E-state index is 12.1. The lowest BCUT2D eigenvalue weighted by Crippen LogP contribution is -2.36. The van der Waals surface area contributed by atoms with Gasteiger partial charge in [0, 0.05) is 24.8 Å². The molecule has 2 aliphatic rings. The van der Waals surface area contributed by atoms with Crippen LogP contribution in [0.1, 0.15) is 48.3 Å². The summed E-state index contributed by atoms with van der Waals surface area (Å²) in [6.45, 7) is 1.74. The van der Waals surface area contributed by atoms with Crippen LogP contribution in [0.15, 0.2) is 36.7 Å². The summed E-state index contributed by atoms with van der Waals surface area (Å²) < 4.78 is 2.36. The molecule has 2 unspecified atom stereocenters. The fourth-order valence-corrected chi connectivity index (χ4v) is 4.23. The molecule has 4 rings (SSSR count). The molecule has 0 bridgehead atoms. The lowest BCUT2D eigenvalue weighted by molar-refractivity contribution is -0.123. The minimum absolute atomic E-state index is 0.269. The van der Waals surface area contributed by atoms with Crippen LogP contribution < -0.4 is 5.73 Å². The number of carbonyl (C=O) groups excluding carboxylic acids is 1. The second-order valence-corrected chi connectivity index (χ2v) is 6.91. The van der Waals surface area contributed by atoms with E-state index < -0.39 is 0 Å². The van der Waals surface area contributed by atoms with Crippen LogP contribution in [-0.4, -0.2) is 33.4 Å². The van der Waals surface area contributed by atoms with Gasteiger partial charge in [-0.05, 0) is 37.7 Å². The molecule has 0 radical (unpaired) electrons. The van der Waals surface area contributed by atoms with Crippen molar-refractivity contribution in [1.29, 1.82) is 0 Å². The summed E-state index contributed by atoms with van der Waals surface area (Å²) in [6.07, 6.45) is 7.78. The molecule has 5 nitrogen and oxygen atoms in total. The van der Waals surface area contributed by atoms with Crippen LogP contribution in [0.25, 0.3) is 0 Å². The van der Waals surface area contributed by atoms with E-state index in [0.717, 1.165) is 37.9 Å². The molecule has 1 fully saturated rings. The summed E-state index contributed by atoms with van der Waals surface area (Å²) in [4.78, 5) is 18.9. The highest BCUT2D eigenvalue weighted by molar-refractivity contribution is 5.81. The highest BCUT2D eigenvalue weighted by Crippen LogP contribution is 2.32. The fraction of sp³-hybridized carbons (Fsp3) is 0.474. The van der Waals surface area contributed by atoms with Crippen molar-refractivity contribution in [2.75, 3.05) is 13.1 Å². The van der Waals surface area contributed by atoms with E-state index in [1.807, 2.05) is 36.7 Å². The second-order valence-electron chi connectivity index (χ2n) is 6.91. The van der Waals surface area contributed by atoms with E-state index in [4.69, 9.17) is 5.73 Å². The Morgan fingerprint density at radius 3 is 2.79 bits per heavy atom. The third kappa shape index (κ3) is 2.73. The van der Waals surface area contributed by atoms with Gasteiger partial charge in [-0.25, -0.2) is 4.98 Å². The van der Waals surface area contributed by atoms with E-state index in [1.54, 1.807) is 0 Å². The third-order valence-corrected chi connectivity index (χ3v) is 5.40. The predicted octanol–water partition coefficient (Wildman–Crippen LogP) is 2.24. The first-order chi connectivity index (χ1) is 11.7. The summed E-state index contributed by atoms with van der Waals surface area (Å²) in [5, 5.41) is 0. The zero-order valence-electron chi connectivity index (χ0n) is 13.9. The van der Waals surface area contributed by atoms with Crippen molar-refractivity contribution in [1.82, 2.24) is 14.5 Å². The van der Waals surface area contributed by atoms with Crippen molar-refractivity contribution in [2.45, 2.75) is 44.2 Å². The van der Waals surface area contributed by atoms with Gasteiger partial charge >= 0.3 is 0 Å². The van der Waals surface area contributed by atoms with Crippen LogP contribution in [0.4, 0.5) is 0 Å². The van der Waals surface area contributed by atoms with Gasteiger partial charge in [0.2, 0.25) is 5.91 Å². The van der Waals surface area contributed by atoms with Gasteiger partial charge in [0.05, 0.1) is 12.0 Å². The molecule has 1 aromatic heterocycles. The molecule has 2 aromatic rings. The van der Waals surface area contributed by atoms with E-state index in [-0.39, 0.29) is 11.9 Å². The van der Waals surface area contributed by atoms with E-state index in [0.29, 0.717) is 6.04 Å². The SMILES string of the molecule is NC(=O)C(c1ccccc1)N1CCC(n2cnc3c2CCCC3)C1. The van der Waals surface area contributed by atoms with Crippen LogP contribution >= 0.6 is 0 Å². The van der Waals surface area contributed by atoms with Crippen LogP contribution in [0, 0.1) is 0 Å². The molecule has 2 N–H and O–H groups in total. The smallest absolute Gasteiger partial charge is 0.239 e. The van der Waals surface area contributed by atoms with Crippen LogP contribution in [0.5, 0.6) is 0 Å². The molecule has 1 saturated heterocycles. The summed E-state index contributed by atoms with van der Waals surface area (Å²) in [7, 11) is 0. The van der Waals surface area contributed by atoms with Crippen molar-refractivity contribution in [3.05, 3.63) is 53.6 Å². The largest absolute Gasteiger partial charge is 0.368 e. The van der Waals surface area contributed by atoms with Crippen LogP contribution in [0.2, 0.25) is 0 Å². The molecule has 1 aliphatic heterocycles. The number of aromatic nitrogens is 2. The lowest BCUT2D eigenvalue weighted by Gasteiger charge is -2.26. The first kappa shape index (κ1) is 15.4. The molecular formula is C19H24N4O. The van der Waals surface area contributed by atoms with E-state index in [2.05, 4.69) is 14.5 Å². The Hall–Kier alpha value is -2.14. The molecule has 2 atom stereocenters. The average Bonchev–Trinajstić information content (AvgIpc) is 3.22. The number of carbonyl (C=O) groups is 1. The van der Waals surface area contributed by atoms with Gasteiger partial charge in [-0.15, -0.1) is 0 Å². The van der Waals surface area contributed by atoms with Gasteiger partial charge in [0.1, 0.15) is 6.04 Å². The van der Waals surface area contributed by atoms with Gasteiger partial charge in [0.25, 0.3) is 0 Å². The summed E-state index contributed by atoms with van der Waals surface area (Å²) in [5.41, 5.74) is 9.39. The number of aryl methyl sites for hydroxylation is 1. The third-order valence-electron chi connectivity index (χ3n) is 5.40. The number of fused-ring (bicyclic) bond motifs is 1. The highest BCUT2D eigenvalue weighted by atomic mass is 16.1. The molecule has 0 saturated carbocycles. The Morgan fingerprint density at radius 1 is 1.21 bits per heavy atom. The number of nitrogens with two attached hydrogens (primary N) is 1. The Morgan fingerprint density at radius 2 is 2.00 bits per heavy atom. The normalized spacial score (nSPS) is 22.2. The number of amides is 1. The number of benzene rings is 1. The fourth-order valence-electron chi connectivity index (χ4n) is 4.23. The predicted molar refractivity (Wildman–Crippen MR) is 92.5 cm³/mol. The number of hydrogen-bond acceptors (Lipinski definition) is 3. The molecule has 126 valence electrons. The van der Waals surface area contributed by atoms with Gasteiger partial charge < -0.3 is 10.3 Å². The maximum Gasteiger partial charge on any atom is 0.239 e. The monoisotopic (exact) mass is 324 g/mol. The molecule has 5 heteroatoms. The van der Waals surface area contributed by atoms with Crippen molar-refractivity contribution < 1.29 is 4.79 Å². The quantitative estimate of drug-likeness (QED) is 0.938. The summed E-state index contributed by atoms with van der Waals surface area (Å²) in [6, 6.07) is 9.92. The first-order valence-electron chi connectivity index (χ1n) is 8.87. The minimum Gasteiger partial charge on any atom is -0.368 e. The molecule has 0 spiro atoms. The topological polar surface area (TPSA) is 64.2 Å². The second kappa shape index (κ2) is 6.40. The van der Waals surface area contributed by atoms with Crippen molar-refractivity contribution >= 4 is 5.91 Å². The molecular weight excluding hydrogens is 300 g/mol. The van der Waals surface area contributed by atoms with Crippen molar-refractivity contribution in [3.63, 3.8) is 0 Å². The number of imidazole rings is 1. The van der Waals surface area contributed by atoms with Gasteiger partial charge in [-0.3, -0.25) is 9.69 Å². The lowest BCUT2D eigenvalue weighted by atomic mass is 10.0. The number of nitrogens with zero attached hydrogens (tertiary/aromatic N) is 3. The number of likely N-dealkylation sites (tertiary alicyclic amines) is 1. The van der Waals surface area contributed by atoms with Crippen LogP contribution in [0.3, 0.4) is 0 Å². The standard InChI is InChI=1S/C19H24N4O/c20-19(24)18(14-6-2-1-3-7-14)22-11-10-15(12-22)23-13-21-16-8-4-5-9-17(16)23/h1-3,6-7,13,15,18H,4-5,8-12H2,(H2,20,24). The van der Waals surface area contributed by atoms with Gasteiger partial charge in [-0.2, -0.15) is 0 Å². The number of rotatable bonds is 4. The summed E-state index contributed by atoms with van der Waals surface area (Å²) in [5.74, 6) is -0.269. The minimum atomic E-state index is -0.337. The highest BCUT2D eigenvalue weighted by Gasteiger charge is 2.34. The van der Waals surface area contributed by atoms with Gasteiger partial charge in [0.15, 0.2) is 0 Å². The van der Waals surface area contributed by atoms with Crippen molar-refractivity contribution in [2.24, 2.45) is 5.73 Å². The van der Waals surface area contributed by atoms with E-state index in [1.165, 1.54) is 24.2 Å². The first-order valence-corrected chi connectivity index (χ1v) is 8.87.